The summed E-state index contributed by atoms with van der Waals surface area (Å²) in [6.07, 6.45) is 9.16. The molecule has 0 aliphatic carbocycles. The van der Waals surface area contributed by atoms with Crippen molar-refractivity contribution in [1.29, 1.82) is 0 Å². The van der Waals surface area contributed by atoms with Gasteiger partial charge in [0.15, 0.2) is 0 Å². The second-order valence-corrected chi connectivity index (χ2v) is 7.35. The summed E-state index contributed by atoms with van der Waals surface area (Å²) in [6, 6.07) is 8.87. The molecule has 0 radical (unpaired) electrons. The zero-order valence-electron chi connectivity index (χ0n) is 16.2. The number of hydrogen-bond donors (Lipinski definition) is 1. The summed E-state index contributed by atoms with van der Waals surface area (Å²) in [5, 5.41) is 0. The lowest BCUT2D eigenvalue weighted by Crippen LogP contribution is -2.35. The number of aromatic amines is 1. The third-order valence-corrected chi connectivity index (χ3v) is 5.23. The highest BCUT2D eigenvalue weighted by atomic mass is 16.1. The Kier molecular flexibility index (Phi) is 5.58. The van der Waals surface area contributed by atoms with E-state index in [-0.39, 0.29) is 5.56 Å². The van der Waals surface area contributed by atoms with Crippen LogP contribution in [0.2, 0.25) is 0 Å². The van der Waals surface area contributed by atoms with Gasteiger partial charge >= 0.3 is 0 Å². The Morgan fingerprint density at radius 3 is 2.61 bits per heavy atom. The number of unbranched alkanes of at least 4 members (excludes halogenated alkanes) is 1. The van der Waals surface area contributed by atoms with Crippen LogP contribution in [0.5, 0.6) is 0 Å². The van der Waals surface area contributed by atoms with Gasteiger partial charge < -0.3 is 4.98 Å². The third kappa shape index (κ3) is 4.17. The average molecular weight is 375 g/mol. The van der Waals surface area contributed by atoms with Gasteiger partial charge in [-0.15, -0.1) is 0 Å². The predicted molar refractivity (Wildman–Crippen MR) is 109 cm³/mol. The smallest absolute Gasteiger partial charge is 0.255 e. The highest BCUT2D eigenvalue weighted by Gasteiger charge is 2.21. The molecular formula is C22H25N5O. The first-order valence-electron chi connectivity index (χ1n) is 9.90. The number of benzene rings is 1. The van der Waals surface area contributed by atoms with Gasteiger partial charge in [0, 0.05) is 38.4 Å². The Morgan fingerprint density at radius 2 is 1.86 bits per heavy atom. The van der Waals surface area contributed by atoms with Crippen LogP contribution in [0.4, 0.5) is 0 Å². The van der Waals surface area contributed by atoms with Crippen molar-refractivity contribution in [1.82, 2.24) is 24.8 Å². The first-order valence-corrected chi connectivity index (χ1v) is 9.90. The second kappa shape index (κ2) is 8.44. The van der Waals surface area contributed by atoms with Gasteiger partial charge in [-0.1, -0.05) is 37.6 Å². The molecule has 1 aliphatic rings. The molecule has 0 fully saturated rings. The van der Waals surface area contributed by atoms with E-state index in [1.165, 1.54) is 30.3 Å². The van der Waals surface area contributed by atoms with Crippen molar-refractivity contribution in [3.8, 4) is 11.4 Å². The van der Waals surface area contributed by atoms with Gasteiger partial charge in [-0.25, -0.2) is 15.0 Å². The fourth-order valence-corrected chi connectivity index (χ4v) is 3.62. The number of rotatable bonds is 6. The summed E-state index contributed by atoms with van der Waals surface area (Å²) in [7, 11) is 0. The van der Waals surface area contributed by atoms with Gasteiger partial charge in [0.25, 0.3) is 5.56 Å². The number of H-pyrrole nitrogens is 1. The fourth-order valence-electron chi connectivity index (χ4n) is 3.62. The van der Waals surface area contributed by atoms with E-state index in [0.717, 1.165) is 42.8 Å². The van der Waals surface area contributed by atoms with Crippen molar-refractivity contribution < 1.29 is 0 Å². The van der Waals surface area contributed by atoms with Crippen molar-refractivity contribution in [3.05, 3.63) is 75.7 Å². The Balaban J connectivity index is 1.47. The summed E-state index contributed by atoms with van der Waals surface area (Å²) in [6.45, 7) is 4.59. The Labute approximate surface area is 164 Å². The fraction of sp³-hybridized carbons (Fsp3) is 0.364. The van der Waals surface area contributed by atoms with Crippen molar-refractivity contribution >= 4 is 0 Å². The molecular weight excluding hydrogens is 350 g/mol. The molecule has 0 atom stereocenters. The maximum atomic E-state index is 12.6. The largest absolute Gasteiger partial charge is 0.306 e. The summed E-state index contributed by atoms with van der Waals surface area (Å²) in [5.41, 5.74) is 5.00. The van der Waals surface area contributed by atoms with E-state index in [1.54, 1.807) is 12.4 Å². The predicted octanol–water partition coefficient (Wildman–Crippen LogP) is 3.13. The van der Waals surface area contributed by atoms with Crippen LogP contribution < -0.4 is 5.56 Å². The van der Waals surface area contributed by atoms with Gasteiger partial charge in [0.2, 0.25) is 0 Å². The molecule has 6 heteroatoms. The number of nitrogens with one attached hydrogen (secondary N) is 1. The number of hydrogen-bond acceptors (Lipinski definition) is 5. The number of nitrogens with zero attached hydrogens (tertiary/aromatic N) is 4. The summed E-state index contributed by atoms with van der Waals surface area (Å²) >= 11 is 0. The lowest BCUT2D eigenvalue weighted by Gasteiger charge is -2.27. The molecule has 144 valence electrons. The molecule has 0 saturated heterocycles. The number of fused-ring (bicyclic) bond motifs is 1. The molecule has 0 unspecified atom stereocenters. The lowest BCUT2D eigenvalue weighted by atomic mass is 10.0. The molecule has 0 amide bonds. The maximum absolute atomic E-state index is 12.6. The molecule has 1 aliphatic heterocycles. The van der Waals surface area contributed by atoms with Crippen LogP contribution in [0.1, 0.15) is 42.1 Å². The van der Waals surface area contributed by atoms with Crippen molar-refractivity contribution in [2.75, 3.05) is 6.54 Å². The van der Waals surface area contributed by atoms with E-state index in [4.69, 9.17) is 0 Å². The molecule has 1 aromatic carbocycles. The lowest BCUT2D eigenvalue weighted by molar-refractivity contribution is 0.242. The van der Waals surface area contributed by atoms with E-state index >= 15 is 0 Å². The van der Waals surface area contributed by atoms with Crippen LogP contribution in [0, 0.1) is 0 Å². The standard InChI is InChI=1S/C22H25N5O/c1-2-3-4-16-5-7-17(8-6-16)13-27-10-9-20-19(14-27)22(28)26-21(25-20)18-11-23-15-24-12-18/h5-8,11-12,15H,2-4,9-10,13-14H2,1H3,(H,25,26,28). The minimum Gasteiger partial charge on any atom is -0.306 e. The highest BCUT2D eigenvalue weighted by Crippen LogP contribution is 2.19. The normalized spacial score (nSPS) is 14.0. The average Bonchev–Trinajstić information content (AvgIpc) is 2.74. The van der Waals surface area contributed by atoms with Crippen LogP contribution >= 0.6 is 0 Å². The van der Waals surface area contributed by atoms with Crippen LogP contribution in [0.3, 0.4) is 0 Å². The van der Waals surface area contributed by atoms with Gasteiger partial charge in [0.05, 0.1) is 16.8 Å². The molecule has 0 spiro atoms. The second-order valence-electron chi connectivity index (χ2n) is 7.35. The van der Waals surface area contributed by atoms with Gasteiger partial charge in [-0.05, 0) is 24.0 Å². The van der Waals surface area contributed by atoms with E-state index in [9.17, 15) is 4.79 Å². The van der Waals surface area contributed by atoms with Gasteiger partial charge in [0.1, 0.15) is 12.2 Å². The maximum Gasteiger partial charge on any atom is 0.255 e. The minimum absolute atomic E-state index is 0.0662. The van der Waals surface area contributed by atoms with E-state index < -0.39 is 0 Å². The van der Waals surface area contributed by atoms with E-state index in [1.807, 2.05) is 0 Å². The van der Waals surface area contributed by atoms with Crippen molar-refractivity contribution in [2.24, 2.45) is 0 Å². The van der Waals surface area contributed by atoms with E-state index in [0.29, 0.717) is 12.4 Å². The van der Waals surface area contributed by atoms with Crippen LogP contribution in [0.25, 0.3) is 11.4 Å². The summed E-state index contributed by atoms with van der Waals surface area (Å²) < 4.78 is 0. The quantitative estimate of drug-likeness (QED) is 0.716. The molecule has 6 nitrogen and oxygen atoms in total. The Hall–Kier alpha value is -2.86. The molecule has 0 saturated carbocycles. The van der Waals surface area contributed by atoms with Gasteiger partial charge in [-0.3, -0.25) is 9.69 Å². The van der Waals surface area contributed by atoms with Crippen LogP contribution in [-0.4, -0.2) is 31.4 Å². The Morgan fingerprint density at radius 1 is 1.11 bits per heavy atom. The Bertz CT molecular complexity index is 982. The zero-order chi connectivity index (χ0) is 19.3. The van der Waals surface area contributed by atoms with Crippen molar-refractivity contribution in [2.45, 2.75) is 45.7 Å². The van der Waals surface area contributed by atoms with Gasteiger partial charge in [-0.2, -0.15) is 0 Å². The SMILES string of the molecule is CCCCc1ccc(CN2CCc3nc(-c4cncnc4)[nH]c(=O)c3C2)cc1. The molecule has 1 N–H and O–H groups in total. The molecule has 28 heavy (non-hydrogen) atoms. The number of aryl methyl sites for hydroxylation is 1. The first kappa shape index (κ1) is 18.5. The molecule has 2 aromatic heterocycles. The monoisotopic (exact) mass is 375 g/mol. The third-order valence-electron chi connectivity index (χ3n) is 5.23. The topological polar surface area (TPSA) is 74.8 Å². The molecule has 4 rings (SSSR count). The number of aromatic nitrogens is 4. The first-order chi connectivity index (χ1) is 13.7. The summed E-state index contributed by atoms with van der Waals surface area (Å²) in [4.78, 5) is 30.5. The molecule has 3 heterocycles. The highest BCUT2D eigenvalue weighted by molar-refractivity contribution is 5.52. The van der Waals surface area contributed by atoms with Crippen LogP contribution in [0.15, 0.2) is 47.8 Å². The summed E-state index contributed by atoms with van der Waals surface area (Å²) in [5.74, 6) is 0.542. The van der Waals surface area contributed by atoms with Crippen LogP contribution in [-0.2, 0) is 25.9 Å². The van der Waals surface area contributed by atoms with Crippen molar-refractivity contribution in [3.63, 3.8) is 0 Å². The van der Waals surface area contributed by atoms with E-state index in [2.05, 4.69) is 56.0 Å². The molecule has 0 bridgehead atoms. The minimum atomic E-state index is -0.0662. The zero-order valence-corrected chi connectivity index (χ0v) is 16.2. The molecule has 3 aromatic rings.